The summed E-state index contributed by atoms with van der Waals surface area (Å²) in [5, 5.41) is 3.07. The number of benzene rings is 2. The number of ether oxygens (including phenoxy) is 2. The molecule has 2 rings (SSSR count). The van der Waals surface area contributed by atoms with E-state index in [9.17, 15) is 4.79 Å². The lowest BCUT2D eigenvalue weighted by Gasteiger charge is -2.22. The SMILES string of the molecule is CC[C@@H](NC(=O)[C@H](C)Oc1ccc(C)cc1)c1ccc(OC)c(C)c1. The Morgan fingerprint density at radius 2 is 1.80 bits per heavy atom. The second-order valence-electron chi connectivity index (χ2n) is 6.27. The third-order valence-electron chi connectivity index (χ3n) is 4.25. The first-order chi connectivity index (χ1) is 11.9. The second kappa shape index (κ2) is 8.56. The third kappa shape index (κ3) is 4.99. The molecule has 0 aliphatic heterocycles. The second-order valence-corrected chi connectivity index (χ2v) is 6.27. The fraction of sp³-hybridized carbons (Fsp3) is 0.381. The van der Waals surface area contributed by atoms with Crippen LogP contribution in [0.5, 0.6) is 11.5 Å². The van der Waals surface area contributed by atoms with Crippen molar-refractivity contribution in [2.75, 3.05) is 7.11 Å². The summed E-state index contributed by atoms with van der Waals surface area (Å²) in [6, 6.07) is 13.6. The molecule has 0 spiro atoms. The van der Waals surface area contributed by atoms with Crippen LogP contribution in [-0.2, 0) is 4.79 Å². The Kier molecular flexibility index (Phi) is 6.45. The molecule has 25 heavy (non-hydrogen) atoms. The molecule has 134 valence electrons. The van der Waals surface area contributed by atoms with E-state index >= 15 is 0 Å². The van der Waals surface area contributed by atoms with Gasteiger partial charge < -0.3 is 14.8 Å². The first-order valence-electron chi connectivity index (χ1n) is 8.62. The van der Waals surface area contributed by atoms with E-state index in [1.807, 2.05) is 50.2 Å². The molecule has 0 aliphatic rings. The van der Waals surface area contributed by atoms with E-state index in [0.717, 1.165) is 28.9 Å². The lowest BCUT2D eigenvalue weighted by atomic mass is 10.0. The van der Waals surface area contributed by atoms with Crippen LogP contribution >= 0.6 is 0 Å². The Balaban J connectivity index is 2.03. The number of hydrogen-bond acceptors (Lipinski definition) is 3. The van der Waals surface area contributed by atoms with E-state index in [1.165, 1.54) is 0 Å². The normalized spacial score (nSPS) is 13.0. The maximum atomic E-state index is 12.5. The molecule has 0 bridgehead atoms. The van der Waals surface area contributed by atoms with Crippen molar-refractivity contribution in [2.24, 2.45) is 0 Å². The molecular weight excluding hydrogens is 314 g/mol. The molecule has 0 radical (unpaired) electrons. The van der Waals surface area contributed by atoms with E-state index in [1.54, 1.807) is 14.0 Å². The first kappa shape index (κ1) is 18.8. The summed E-state index contributed by atoms with van der Waals surface area (Å²) < 4.78 is 11.0. The molecule has 0 saturated carbocycles. The molecule has 0 saturated heterocycles. The van der Waals surface area contributed by atoms with Crippen molar-refractivity contribution in [2.45, 2.75) is 46.3 Å². The molecule has 1 N–H and O–H groups in total. The zero-order valence-corrected chi connectivity index (χ0v) is 15.6. The molecule has 0 fully saturated rings. The predicted octanol–water partition coefficient (Wildman–Crippen LogP) is 4.35. The Bertz CT molecular complexity index is 710. The average Bonchev–Trinajstić information content (AvgIpc) is 2.61. The number of carbonyl (C=O) groups excluding carboxylic acids is 1. The van der Waals surface area contributed by atoms with Crippen molar-refractivity contribution in [3.8, 4) is 11.5 Å². The van der Waals surface area contributed by atoms with Gasteiger partial charge >= 0.3 is 0 Å². The molecule has 2 atom stereocenters. The van der Waals surface area contributed by atoms with Crippen LogP contribution in [-0.4, -0.2) is 19.1 Å². The lowest BCUT2D eigenvalue weighted by Crippen LogP contribution is -2.38. The zero-order chi connectivity index (χ0) is 18.4. The molecule has 0 aliphatic carbocycles. The summed E-state index contributed by atoms with van der Waals surface area (Å²) in [5.74, 6) is 1.42. The van der Waals surface area contributed by atoms with Gasteiger partial charge in [-0.3, -0.25) is 4.79 Å². The first-order valence-corrected chi connectivity index (χ1v) is 8.62. The van der Waals surface area contributed by atoms with Crippen molar-refractivity contribution in [3.63, 3.8) is 0 Å². The van der Waals surface area contributed by atoms with Gasteiger partial charge in [0.25, 0.3) is 5.91 Å². The summed E-state index contributed by atoms with van der Waals surface area (Å²) in [6.45, 7) is 7.83. The minimum absolute atomic E-state index is 0.0545. The lowest BCUT2D eigenvalue weighted by molar-refractivity contribution is -0.128. The summed E-state index contributed by atoms with van der Waals surface area (Å²) in [6.07, 6.45) is 0.241. The molecule has 2 aromatic rings. The van der Waals surface area contributed by atoms with Crippen LogP contribution in [0.3, 0.4) is 0 Å². The minimum atomic E-state index is -0.559. The highest BCUT2D eigenvalue weighted by Crippen LogP contribution is 2.24. The van der Waals surface area contributed by atoms with Gasteiger partial charge in [0.05, 0.1) is 13.2 Å². The van der Waals surface area contributed by atoms with E-state index in [0.29, 0.717) is 5.75 Å². The van der Waals surface area contributed by atoms with E-state index in [-0.39, 0.29) is 11.9 Å². The van der Waals surface area contributed by atoms with Crippen molar-refractivity contribution in [1.82, 2.24) is 5.32 Å². The quantitative estimate of drug-likeness (QED) is 0.814. The summed E-state index contributed by atoms with van der Waals surface area (Å²) in [4.78, 5) is 12.5. The molecule has 2 aromatic carbocycles. The van der Waals surface area contributed by atoms with Crippen LogP contribution in [0, 0.1) is 13.8 Å². The van der Waals surface area contributed by atoms with Crippen molar-refractivity contribution >= 4 is 5.91 Å². The predicted molar refractivity (Wildman–Crippen MR) is 100 cm³/mol. The average molecular weight is 341 g/mol. The number of rotatable bonds is 7. The molecule has 0 heterocycles. The molecule has 4 heteroatoms. The van der Waals surface area contributed by atoms with Crippen LogP contribution in [0.2, 0.25) is 0 Å². The highest BCUT2D eigenvalue weighted by Gasteiger charge is 2.19. The van der Waals surface area contributed by atoms with Crippen LogP contribution in [0.1, 0.15) is 43.0 Å². The maximum absolute atomic E-state index is 12.5. The van der Waals surface area contributed by atoms with Gasteiger partial charge in [0.1, 0.15) is 11.5 Å². The van der Waals surface area contributed by atoms with Gasteiger partial charge in [-0.25, -0.2) is 0 Å². The zero-order valence-electron chi connectivity index (χ0n) is 15.6. The number of methoxy groups -OCH3 is 1. The summed E-state index contributed by atoms with van der Waals surface area (Å²) in [5.41, 5.74) is 3.28. The number of amides is 1. The van der Waals surface area contributed by atoms with Gasteiger partial charge in [-0.05, 0) is 56.5 Å². The van der Waals surface area contributed by atoms with E-state index in [2.05, 4.69) is 18.3 Å². The van der Waals surface area contributed by atoms with Crippen LogP contribution in [0.25, 0.3) is 0 Å². The standard InChI is InChI=1S/C21H27NO3/c1-6-19(17-9-12-20(24-5)15(3)13-17)22-21(23)16(4)25-18-10-7-14(2)8-11-18/h7-13,16,19H,6H2,1-5H3,(H,22,23)/t16-,19+/m0/s1. The van der Waals surface area contributed by atoms with Gasteiger partial charge in [0, 0.05) is 0 Å². The monoisotopic (exact) mass is 341 g/mol. The van der Waals surface area contributed by atoms with Gasteiger partial charge in [-0.1, -0.05) is 36.8 Å². The van der Waals surface area contributed by atoms with E-state index in [4.69, 9.17) is 9.47 Å². The van der Waals surface area contributed by atoms with Crippen LogP contribution in [0.15, 0.2) is 42.5 Å². The molecular formula is C21H27NO3. The maximum Gasteiger partial charge on any atom is 0.261 e. The summed E-state index contributed by atoms with van der Waals surface area (Å²) >= 11 is 0. The Morgan fingerprint density at radius 1 is 1.12 bits per heavy atom. The molecule has 0 aromatic heterocycles. The van der Waals surface area contributed by atoms with Crippen LogP contribution < -0.4 is 14.8 Å². The van der Waals surface area contributed by atoms with Crippen molar-refractivity contribution in [1.29, 1.82) is 0 Å². The van der Waals surface area contributed by atoms with Gasteiger partial charge in [0.2, 0.25) is 0 Å². The molecule has 4 nitrogen and oxygen atoms in total. The highest BCUT2D eigenvalue weighted by atomic mass is 16.5. The number of carbonyl (C=O) groups is 1. The number of hydrogen-bond donors (Lipinski definition) is 1. The Morgan fingerprint density at radius 3 is 2.36 bits per heavy atom. The highest BCUT2D eigenvalue weighted by molar-refractivity contribution is 5.81. The fourth-order valence-corrected chi connectivity index (χ4v) is 2.70. The van der Waals surface area contributed by atoms with Gasteiger partial charge in [-0.15, -0.1) is 0 Å². The smallest absolute Gasteiger partial charge is 0.261 e. The number of nitrogens with one attached hydrogen (secondary N) is 1. The van der Waals surface area contributed by atoms with Crippen molar-refractivity contribution in [3.05, 3.63) is 59.2 Å². The summed E-state index contributed by atoms with van der Waals surface area (Å²) in [7, 11) is 1.66. The van der Waals surface area contributed by atoms with Gasteiger partial charge in [0.15, 0.2) is 6.10 Å². The molecule has 1 amide bonds. The minimum Gasteiger partial charge on any atom is -0.496 e. The topological polar surface area (TPSA) is 47.6 Å². The Hall–Kier alpha value is -2.49. The Labute approximate surface area is 150 Å². The number of aryl methyl sites for hydroxylation is 2. The third-order valence-corrected chi connectivity index (χ3v) is 4.25. The molecule has 0 unspecified atom stereocenters. The fourth-order valence-electron chi connectivity index (χ4n) is 2.70. The van der Waals surface area contributed by atoms with Gasteiger partial charge in [-0.2, -0.15) is 0 Å². The van der Waals surface area contributed by atoms with Crippen LogP contribution in [0.4, 0.5) is 0 Å². The van der Waals surface area contributed by atoms with E-state index < -0.39 is 6.10 Å². The van der Waals surface area contributed by atoms with Crippen molar-refractivity contribution < 1.29 is 14.3 Å². The largest absolute Gasteiger partial charge is 0.496 e.